The summed E-state index contributed by atoms with van der Waals surface area (Å²) in [6, 6.07) is 6.90. The van der Waals surface area contributed by atoms with E-state index in [1.807, 2.05) is 26.8 Å². The van der Waals surface area contributed by atoms with Gasteiger partial charge in [-0.3, -0.25) is 4.79 Å². The Kier molecular flexibility index (Phi) is 4.57. The van der Waals surface area contributed by atoms with Crippen molar-refractivity contribution < 1.29 is 4.79 Å². The van der Waals surface area contributed by atoms with Gasteiger partial charge >= 0.3 is 0 Å². The first kappa shape index (κ1) is 14.3. The number of anilines is 1. The van der Waals surface area contributed by atoms with Crippen LogP contribution in [0.15, 0.2) is 18.2 Å². The first-order valence-electron chi connectivity index (χ1n) is 5.56. The van der Waals surface area contributed by atoms with E-state index in [1.165, 1.54) is 0 Å². The normalized spacial score (nSPS) is 10.6. The lowest BCUT2D eigenvalue weighted by Crippen LogP contribution is -2.43. The second-order valence-electron chi connectivity index (χ2n) is 4.96. The van der Waals surface area contributed by atoms with Crippen molar-refractivity contribution in [2.75, 3.05) is 11.9 Å². The number of rotatable bonds is 3. The van der Waals surface area contributed by atoms with E-state index in [2.05, 4.69) is 10.6 Å². The molecule has 0 saturated heterocycles. The molecule has 1 amide bonds. The van der Waals surface area contributed by atoms with Gasteiger partial charge in [-0.2, -0.15) is 5.26 Å². The first-order valence-corrected chi connectivity index (χ1v) is 5.94. The van der Waals surface area contributed by atoms with Crippen molar-refractivity contribution in [3.63, 3.8) is 0 Å². The maximum Gasteiger partial charge on any atom is 0.239 e. The Labute approximate surface area is 112 Å². The zero-order chi connectivity index (χ0) is 13.8. The van der Waals surface area contributed by atoms with Crippen molar-refractivity contribution in [2.45, 2.75) is 26.3 Å². The van der Waals surface area contributed by atoms with Crippen molar-refractivity contribution in [3.8, 4) is 6.07 Å². The van der Waals surface area contributed by atoms with Gasteiger partial charge in [-0.25, -0.2) is 0 Å². The van der Waals surface area contributed by atoms with Gasteiger partial charge in [0.05, 0.1) is 28.9 Å². The topological polar surface area (TPSA) is 64.9 Å². The van der Waals surface area contributed by atoms with E-state index in [1.54, 1.807) is 18.2 Å². The average molecular weight is 266 g/mol. The molecule has 0 spiro atoms. The van der Waals surface area contributed by atoms with Crippen LogP contribution in [0.2, 0.25) is 5.02 Å². The number of benzene rings is 1. The van der Waals surface area contributed by atoms with Crippen LogP contribution in [0.4, 0.5) is 5.69 Å². The molecule has 2 N–H and O–H groups in total. The fraction of sp³-hybridized carbons (Fsp3) is 0.385. The SMILES string of the molecule is CC(C)(C)NC(=O)CNc1cc(C#N)ccc1Cl. The Morgan fingerprint density at radius 1 is 1.44 bits per heavy atom. The minimum Gasteiger partial charge on any atom is -0.375 e. The van der Waals surface area contributed by atoms with Crippen molar-refractivity contribution in [2.24, 2.45) is 0 Å². The van der Waals surface area contributed by atoms with Crippen LogP contribution in [0.5, 0.6) is 0 Å². The lowest BCUT2D eigenvalue weighted by molar-refractivity contribution is -0.120. The summed E-state index contributed by atoms with van der Waals surface area (Å²) < 4.78 is 0. The third-order valence-corrected chi connectivity index (χ3v) is 2.38. The summed E-state index contributed by atoms with van der Waals surface area (Å²) >= 11 is 5.97. The molecule has 18 heavy (non-hydrogen) atoms. The van der Waals surface area contributed by atoms with Crippen molar-refractivity contribution >= 4 is 23.2 Å². The summed E-state index contributed by atoms with van der Waals surface area (Å²) in [5, 5.41) is 15.0. The van der Waals surface area contributed by atoms with Gasteiger partial charge in [0.1, 0.15) is 0 Å². The highest BCUT2D eigenvalue weighted by Crippen LogP contribution is 2.22. The van der Waals surface area contributed by atoms with Crippen LogP contribution in [0.1, 0.15) is 26.3 Å². The molecule has 0 unspecified atom stereocenters. The van der Waals surface area contributed by atoms with Crippen molar-refractivity contribution in [1.82, 2.24) is 5.32 Å². The standard InChI is InChI=1S/C13H16ClN3O/c1-13(2,3)17-12(18)8-16-11-6-9(7-15)4-5-10(11)14/h4-6,16H,8H2,1-3H3,(H,17,18). The summed E-state index contributed by atoms with van der Waals surface area (Å²) in [4.78, 5) is 11.6. The smallest absolute Gasteiger partial charge is 0.239 e. The molecule has 1 aromatic rings. The van der Waals surface area contributed by atoms with E-state index in [9.17, 15) is 4.79 Å². The summed E-state index contributed by atoms with van der Waals surface area (Å²) in [5.41, 5.74) is 0.815. The molecular formula is C13H16ClN3O. The van der Waals surface area contributed by atoms with E-state index in [4.69, 9.17) is 16.9 Å². The number of nitrogens with one attached hydrogen (secondary N) is 2. The molecule has 96 valence electrons. The van der Waals surface area contributed by atoms with E-state index >= 15 is 0 Å². The van der Waals surface area contributed by atoms with E-state index in [-0.39, 0.29) is 18.0 Å². The van der Waals surface area contributed by atoms with Crippen LogP contribution in [0.25, 0.3) is 0 Å². The number of hydrogen-bond donors (Lipinski definition) is 2. The minimum absolute atomic E-state index is 0.117. The first-order chi connectivity index (χ1) is 8.31. The number of carbonyl (C=O) groups excluding carboxylic acids is 1. The summed E-state index contributed by atoms with van der Waals surface area (Å²) in [7, 11) is 0. The number of nitrogens with zero attached hydrogens (tertiary/aromatic N) is 1. The Morgan fingerprint density at radius 2 is 2.11 bits per heavy atom. The number of amides is 1. The molecule has 4 nitrogen and oxygen atoms in total. The monoisotopic (exact) mass is 265 g/mol. The van der Waals surface area contributed by atoms with Gasteiger partial charge in [-0.15, -0.1) is 0 Å². The maximum absolute atomic E-state index is 11.6. The van der Waals surface area contributed by atoms with Crippen LogP contribution in [-0.2, 0) is 4.79 Å². The number of carbonyl (C=O) groups is 1. The predicted molar refractivity (Wildman–Crippen MR) is 72.6 cm³/mol. The van der Waals surface area contributed by atoms with Gasteiger partial charge in [0.25, 0.3) is 0 Å². The molecule has 0 aliphatic rings. The number of nitriles is 1. The lowest BCUT2D eigenvalue weighted by Gasteiger charge is -2.20. The minimum atomic E-state index is -0.267. The summed E-state index contributed by atoms with van der Waals surface area (Å²) in [6.07, 6.45) is 0. The van der Waals surface area contributed by atoms with Gasteiger partial charge in [0.15, 0.2) is 0 Å². The highest BCUT2D eigenvalue weighted by molar-refractivity contribution is 6.33. The Bertz CT molecular complexity index is 486. The molecule has 0 atom stereocenters. The molecule has 0 heterocycles. The maximum atomic E-state index is 11.6. The van der Waals surface area contributed by atoms with Crippen LogP contribution in [0, 0.1) is 11.3 Å². The van der Waals surface area contributed by atoms with Crippen molar-refractivity contribution in [1.29, 1.82) is 5.26 Å². The summed E-state index contributed by atoms with van der Waals surface area (Å²) in [6.45, 7) is 5.85. The lowest BCUT2D eigenvalue weighted by atomic mass is 10.1. The molecule has 0 fully saturated rings. The van der Waals surface area contributed by atoms with Gasteiger partial charge in [-0.05, 0) is 39.0 Å². The molecule has 0 bridgehead atoms. The highest BCUT2D eigenvalue weighted by Gasteiger charge is 2.13. The van der Waals surface area contributed by atoms with Crippen molar-refractivity contribution in [3.05, 3.63) is 28.8 Å². The van der Waals surface area contributed by atoms with Gasteiger partial charge in [-0.1, -0.05) is 11.6 Å². The zero-order valence-corrected chi connectivity index (χ0v) is 11.4. The van der Waals surface area contributed by atoms with Crippen LogP contribution < -0.4 is 10.6 Å². The molecule has 0 saturated carbocycles. The Hall–Kier alpha value is -1.73. The predicted octanol–water partition coefficient (Wildman–Crippen LogP) is 2.54. The molecule has 0 aliphatic heterocycles. The fourth-order valence-electron chi connectivity index (χ4n) is 1.37. The van der Waals surface area contributed by atoms with E-state index in [0.29, 0.717) is 16.3 Å². The second-order valence-corrected chi connectivity index (χ2v) is 5.37. The molecule has 1 aromatic carbocycles. The quantitative estimate of drug-likeness (QED) is 0.883. The largest absolute Gasteiger partial charge is 0.375 e. The Morgan fingerprint density at radius 3 is 2.67 bits per heavy atom. The highest BCUT2D eigenvalue weighted by atomic mass is 35.5. The van der Waals surface area contributed by atoms with Gasteiger partial charge in [0.2, 0.25) is 5.91 Å². The van der Waals surface area contributed by atoms with E-state index in [0.717, 1.165) is 0 Å². The molecular weight excluding hydrogens is 250 g/mol. The molecule has 0 radical (unpaired) electrons. The van der Waals surface area contributed by atoms with Crippen LogP contribution >= 0.6 is 11.6 Å². The fourth-order valence-corrected chi connectivity index (χ4v) is 1.55. The molecule has 0 aliphatic carbocycles. The Balaban J connectivity index is 2.64. The molecule has 1 rings (SSSR count). The summed E-state index contributed by atoms with van der Waals surface area (Å²) in [5.74, 6) is -0.124. The van der Waals surface area contributed by atoms with Crippen LogP contribution in [-0.4, -0.2) is 18.0 Å². The van der Waals surface area contributed by atoms with E-state index < -0.39 is 0 Å². The second kappa shape index (κ2) is 5.74. The number of halogens is 1. The van der Waals surface area contributed by atoms with Crippen LogP contribution in [0.3, 0.4) is 0 Å². The molecule has 0 aromatic heterocycles. The average Bonchev–Trinajstić information content (AvgIpc) is 2.25. The third kappa shape index (κ3) is 4.64. The number of hydrogen-bond acceptors (Lipinski definition) is 3. The third-order valence-electron chi connectivity index (χ3n) is 2.05. The van der Waals surface area contributed by atoms with Gasteiger partial charge in [0, 0.05) is 5.54 Å². The van der Waals surface area contributed by atoms with Gasteiger partial charge < -0.3 is 10.6 Å². The molecule has 5 heteroatoms. The zero-order valence-electron chi connectivity index (χ0n) is 10.7.